The first-order chi connectivity index (χ1) is 8.63. The Balaban J connectivity index is 2.09. The van der Waals surface area contributed by atoms with Gasteiger partial charge in [0.1, 0.15) is 10.4 Å². The largest absolute Gasteiger partial charge is 0.379 e. The summed E-state index contributed by atoms with van der Waals surface area (Å²) in [6.45, 7) is 4.86. The number of aromatic nitrogens is 4. The van der Waals surface area contributed by atoms with Crippen molar-refractivity contribution >= 4 is 11.5 Å². The topological polar surface area (TPSA) is 100.0 Å². The first-order valence-corrected chi connectivity index (χ1v) is 6.39. The summed E-state index contributed by atoms with van der Waals surface area (Å²) >= 11 is 1.19. The zero-order chi connectivity index (χ0) is 13.0. The van der Waals surface area contributed by atoms with E-state index in [1.54, 1.807) is 6.20 Å². The van der Waals surface area contributed by atoms with Crippen LogP contribution in [0.1, 0.15) is 26.1 Å². The van der Waals surface area contributed by atoms with Crippen molar-refractivity contribution in [3.63, 3.8) is 0 Å². The molecule has 2 aromatic rings. The summed E-state index contributed by atoms with van der Waals surface area (Å²) in [5.41, 5.74) is 5.34. The molecular formula is C10H15N5O2S. The molecule has 0 aliphatic heterocycles. The fraction of sp³-hybridized carbons (Fsp3) is 0.600. The Hall–Kier alpha value is -1.38. The van der Waals surface area contributed by atoms with Gasteiger partial charge in [-0.1, -0.05) is 16.6 Å². The molecule has 0 amide bonds. The monoisotopic (exact) mass is 269 g/mol. The summed E-state index contributed by atoms with van der Waals surface area (Å²) in [6, 6.07) is 0. The third kappa shape index (κ3) is 2.89. The van der Waals surface area contributed by atoms with Gasteiger partial charge in [0.15, 0.2) is 5.82 Å². The molecule has 1 unspecified atom stereocenters. The van der Waals surface area contributed by atoms with Gasteiger partial charge < -0.3 is 15.0 Å². The first-order valence-electron chi connectivity index (χ1n) is 5.62. The van der Waals surface area contributed by atoms with Crippen molar-refractivity contribution in [2.75, 3.05) is 13.2 Å². The van der Waals surface area contributed by atoms with E-state index < -0.39 is 5.54 Å². The number of nitrogens with two attached hydrogens (primary N) is 1. The van der Waals surface area contributed by atoms with Gasteiger partial charge in [-0.15, -0.1) is 5.10 Å². The summed E-state index contributed by atoms with van der Waals surface area (Å²) in [5.74, 6) is 0.800. The fourth-order valence-corrected chi connectivity index (χ4v) is 1.75. The first kappa shape index (κ1) is 13.1. The van der Waals surface area contributed by atoms with Crippen LogP contribution in [-0.4, -0.2) is 32.9 Å². The van der Waals surface area contributed by atoms with Crippen molar-refractivity contribution in [1.29, 1.82) is 0 Å². The van der Waals surface area contributed by atoms with Crippen LogP contribution in [0.5, 0.6) is 0 Å². The molecule has 2 N–H and O–H groups in total. The van der Waals surface area contributed by atoms with Gasteiger partial charge in [-0.05, 0) is 24.9 Å². The minimum absolute atomic E-state index is 0.348. The van der Waals surface area contributed by atoms with Crippen LogP contribution in [0.2, 0.25) is 0 Å². The van der Waals surface area contributed by atoms with Crippen molar-refractivity contribution < 1.29 is 9.26 Å². The third-order valence-corrected chi connectivity index (χ3v) is 2.91. The Bertz CT molecular complexity index is 482. The lowest BCUT2D eigenvalue weighted by atomic mass is 10.1. The molecule has 0 saturated carbocycles. The predicted molar refractivity (Wildman–Crippen MR) is 65.9 cm³/mol. The minimum atomic E-state index is -0.769. The molecule has 0 spiro atoms. The molecule has 98 valence electrons. The van der Waals surface area contributed by atoms with Gasteiger partial charge in [0.2, 0.25) is 0 Å². The van der Waals surface area contributed by atoms with E-state index in [1.165, 1.54) is 11.5 Å². The zero-order valence-corrected chi connectivity index (χ0v) is 11.1. The Morgan fingerprint density at radius 1 is 1.56 bits per heavy atom. The second-order valence-corrected chi connectivity index (χ2v) is 4.96. The van der Waals surface area contributed by atoms with E-state index in [9.17, 15) is 0 Å². The lowest BCUT2D eigenvalue weighted by Crippen LogP contribution is -2.39. The highest BCUT2D eigenvalue weighted by Gasteiger charge is 2.28. The van der Waals surface area contributed by atoms with Crippen LogP contribution in [0.3, 0.4) is 0 Å². The SMILES string of the molecule is CCCOCC(C)(N)c1noc(-c2cnns2)n1. The second kappa shape index (κ2) is 5.51. The smallest absolute Gasteiger partial charge is 0.271 e. The zero-order valence-electron chi connectivity index (χ0n) is 10.3. The average Bonchev–Trinajstić information content (AvgIpc) is 3.00. The molecule has 0 bridgehead atoms. The quantitative estimate of drug-likeness (QED) is 0.786. The maximum atomic E-state index is 6.11. The van der Waals surface area contributed by atoms with Crippen molar-refractivity contribution in [3.05, 3.63) is 12.0 Å². The molecule has 8 heteroatoms. The highest BCUT2D eigenvalue weighted by Crippen LogP contribution is 2.22. The molecule has 2 rings (SSSR count). The molecule has 0 fully saturated rings. The summed E-state index contributed by atoms with van der Waals surface area (Å²) in [4.78, 5) is 4.97. The fourth-order valence-electron chi connectivity index (χ4n) is 1.31. The van der Waals surface area contributed by atoms with E-state index in [1.807, 2.05) is 13.8 Å². The van der Waals surface area contributed by atoms with Crippen LogP contribution in [0.15, 0.2) is 10.7 Å². The summed E-state index contributed by atoms with van der Waals surface area (Å²) in [6.07, 6.45) is 2.52. The van der Waals surface area contributed by atoms with Crippen molar-refractivity contribution in [1.82, 2.24) is 19.7 Å². The molecule has 0 aliphatic carbocycles. The maximum absolute atomic E-state index is 6.11. The van der Waals surface area contributed by atoms with Crippen LogP contribution < -0.4 is 5.73 Å². The molecule has 1 atom stereocenters. The van der Waals surface area contributed by atoms with Gasteiger partial charge in [0, 0.05) is 6.61 Å². The van der Waals surface area contributed by atoms with Gasteiger partial charge >= 0.3 is 0 Å². The van der Waals surface area contributed by atoms with Crippen molar-refractivity contribution in [3.8, 4) is 10.8 Å². The lowest BCUT2D eigenvalue weighted by molar-refractivity contribution is 0.0867. The molecule has 2 aromatic heterocycles. The van der Waals surface area contributed by atoms with E-state index in [2.05, 4.69) is 19.7 Å². The number of hydrogen-bond acceptors (Lipinski definition) is 8. The lowest BCUT2D eigenvalue weighted by Gasteiger charge is -2.19. The summed E-state index contributed by atoms with van der Waals surface area (Å²) in [7, 11) is 0. The standard InChI is InChI=1S/C10H15N5O2S/c1-3-4-16-6-10(2,11)9-13-8(17-14-9)7-5-12-15-18-7/h5H,3-4,6,11H2,1-2H3. The Kier molecular flexibility index (Phi) is 4.00. The predicted octanol–water partition coefficient (Wildman–Crippen LogP) is 1.19. The van der Waals surface area contributed by atoms with Gasteiger partial charge in [-0.2, -0.15) is 4.98 Å². The van der Waals surface area contributed by atoms with Gasteiger partial charge in [-0.3, -0.25) is 0 Å². The summed E-state index contributed by atoms with van der Waals surface area (Å²) in [5, 5.41) is 7.60. The maximum Gasteiger partial charge on any atom is 0.271 e. The minimum Gasteiger partial charge on any atom is -0.379 e. The highest BCUT2D eigenvalue weighted by molar-refractivity contribution is 7.09. The molecule has 0 aromatic carbocycles. The van der Waals surface area contributed by atoms with Gasteiger partial charge in [0.05, 0.1) is 12.8 Å². The van der Waals surface area contributed by atoms with E-state index in [0.29, 0.717) is 24.9 Å². The summed E-state index contributed by atoms with van der Waals surface area (Å²) < 4.78 is 14.3. The van der Waals surface area contributed by atoms with Crippen molar-refractivity contribution in [2.24, 2.45) is 5.73 Å². The van der Waals surface area contributed by atoms with E-state index in [4.69, 9.17) is 15.0 Å². The third-order valence-electron chi connectivity index (χ3n) is 2.26. The molecular weight excluding hydrogens is 254 g/mol. The van der Waals surface area contributed by atoms with Crippen molar-refractivity contribution in [2.45, 2.75) is 25.8 Å². The molecule has 0 aliphatic rings. The van der Waals surface area contributed by atoms with Crippen LogP contribution in [0.4, 0.5) is 0 Å². The average molecular weight is 269 g/mol. The Morgan fingerprint density at radius 2 is 2.39 bits per heavy atom. The highest BCUT2D eigenvalue weighted by atomic mass is 32.1. The molecule has 0 saturated heterocycles. The number of ether oxygens (including phenoxy) is 1. The van der Waals surface area contributed by atoms with E-state index in [-0.39, 0.29) is 0 Å². The molecule has 0 radical (unpaired) electrons. The second-order valence-electron chi connectivity index (χ2n) is 4.17. The number of hydrogen-bond donors (Lipinski definition) is 1. The molecule has 7 nitrogen and oxygen atoms in total. The Labute approximate surface area is 109 Å². The Morgan fingerprint density at radius 3 is 3.06 bits per heavy atom. The van der Waals surface area contributed by atoms with E-state index >= 15 is 0 Å². The van der Waals surface area contributed by atoms with Crippen LogP contribution in [-0.2, 0) is 10.3 Å². The van der Waals surface area contributed by atoms with Gasteiger partial charge in [-0.25, -0.2) is 0 Å². The van der Waals surface area contributed by atoms with Crippen LogP contribution in [0.25, 0.3) is 10.8 Å². The van der Waals surface area contributed by atoms with Crippen LogP contribution >= 0.6 is 11.5 Å². The molecule has 2 heterocycles. The number of rotatable bonds is 6. The number of nitrogens with zero attached hydrogens (tertiary/aromatic N) is 4. The molecule has 18 heavy (non-hydrogen) atoms. The normalized spacial score (nSPS) is 14.6. The van der Waals surface area contributed by atoms with E-state index in [0.717, 1.165) is 11.3 Å². The van der Waals surface area contributed by atoms with Gasteiger partial charge in [0.25, 0.3) is 5.89 Å². The van der Waals surface area contributed by atoms with Crippen LogP contribution in [0, 0.1) is 0 Å².